The largest absolute Gasteiger partial charge is 0.253 e. The first-order chi connectivity index (χ1) is 10.8. The molecule has 0 saturated carbocycles. The van der Waals surface area contributed by atoms with E-state index in [0.29, 0.717) is 6.42 Å². The fourth-order valence-electron chi connectivity index (χ4n) is 2.92. The monoisotopic (exact) mass is 286 g/mol. The normalized spacial score (nSPS) is 12.0. The average molecular weight is 286 g/mol. The lowest BCUT2D eigenvalue weighted by atomic mass is 9.91. The van der Waals surface area contributed by atoms with E-state index in [-0.39, 0.29) is 5.92 Å². The number of para-hydroxylation sites is 1. The third kappa shape index (κ3) is 2.99. The molecular formula is C20H18N2. The van der Waals surface area contributed by atoms with Gasteiger partial charge < -0.3 is 0 Å². The zero-order valence-electron chi connectivity index (χ0n) is 12.7. The molecular weight excluding hydrogens is 268 g/mol. The predicted molar refractivity (Wildman–Crippen MR) is 89.6 cm³/mol. The zero-order valence-corrected chi connectivity index (χ0v) is 12.7. The van der Waals surface area contributed by atoms with Gasteiger partial charge in [-0.1, -0.05) is 48.5 Å². The van der Waals surface area contributed by atoms with Crippen molar-refractivity contribution in [1.82, 2.24) is 4.98 Å². The van der Waals surface area contributed by atoms with Gasteiger partial charge in [0.25, 0.3) is 0 Å². The summed E-state index contributed by atoms with van der Waals surface area (Å²) in [6.07, 6.45) is 1.31. The van der Waals surface area contributed by atoms with E-state index < -0.39 is 0 Å². The Kier molecular flexibility index (Phi) is 4.16. The highest BCUT2D eigenvalue weighted by Crippen LogP contribution is 2.25. The Balaban J connectivity index is 1.95. The molecule has 22 heavy (non-hydrogen) atoms. The Bertz CT molecular complexity index is 816. The lowest BCUT2D eigenvalue weighted by molar-refractivity contribution is 0.690. The number of rotatable bonds is 4. The van der Waals surface area contributed by atoms with Gasteiger partial charge in [0.2, 0.25) is 0 Å². The van der Waals surface area contributed by atoms with Gasteiger partial charge in [0.1, 0.15) is 0 Å². The number of fused-ring (bicyclic) bond motifs is 1. The van der Waals surface area contributed by atoms with Crippen LogP contribution in [0.4, 0.5) is 0 Å². The molecule has 0 radical (unpaired) electrons. The Morgan fingerprint density at radius 2 is 1.77 bits per heavy atom. The lowest BCUT2D eigenvalue weighted by Gasteiger charge is -2.15. The minimum Gasteiger partial charge on any atom is -0.253 e. The van der Waals surface area contributed by atoms with Crippen molar-refractivity contribution in [2.24, 2.45) is 0 Å². The SMILES string of the molecule is Cc1cc(CC(CC#N)c2ccccc2)nc2ccccc12. The molecule has 3 rings (SSSR count). The molecule has 108 valence electrons. The highest BCUT2D eigenvalue weighted by molar-refractivity contribution is 5.82. The van der Waals surface area contributed by atoms with Crippen LogP contribution in [0.2, 0.25) is 0 Å². The number of hydrogen-bond acceptors (Lipinski definition) is 2. The first-order valence-corrected chi connectivity index (χ1v) is 7.55. The minimum absolute atomic E-state index is 0.194. The molecule has 0 amide bonds. The van der Waals surface area contributed by atoms with Crippen molar-refractivity contribution in [1.29, 1.82) is 5.26 Å². The number of hydrogen-bond donors (Lipinski definition) is 0. The molecule has 3 aromatic rings. The first-order valence-electron chi connectivity index (χ1n) is 7.55. The van der Waals surface area contributed by atoms with Gasteiger partial charge in [-0.15, -0.1) is 0 Å². The van der Waals surface area contributed by atoms with Crippen molar-refractivity contribution in [3.05, 3.63) is 77.5 Å². The lowest BCUT2D eigenvalue weighted by Crippen LogP contribution is -2.04. The molecule has 2 heteroatoms. The quantitative estimate of drug-likeness (QED) is 0.692. The number of pyridine rings is 1. The Labute approximate surface area is 131 Å². The maximum atomic E-state index is 9.13. The number of aryl methyl sites for hydroxylation is 1. The van der Waals surface area contributed by atoms with Gasteiger partial charge in [-0.3, -0.25) is 4.98 Å². The van der Waals surface area contributed by atoms with E-state index >= 15 is 0 Å². The summed E-state index contributed by atoms with van der Waals surface area (Å²) < 4.78 is 0. The summed E-state index contributed by atoms with van der Waals surface area (Å²) in [7, 11) is 0. The van der Waals surface area contributed by atoms with Crippen molar-refractivity contribution in [2.75, 3.05) is 0 Å². The van der Waals surface area contributed by atoms with E-state index in [1.165, 1.54) is 16.5 Å². The Hall–Kier alpha value is -2.66. The van der Waals surface area contributed by atoms with Crippen LogP contribution >= 0.6 is 0 Å². The zero-order chi connectivity index (χ0) is 15.4. The summed E-state index contributed by atoms with van der Waals surface area (Å²) >= 11 is 0. The fraction of sp³-hybridized carbons (Fsp3) is 0.200. The molecule has 2 nitrogen and oxygen atoms in total. The highest BCUT2D eigenvalue weighted by atomic mass is 14.7. The van der Waals surface area contributed by atoms with Gasteiger partial charge in [-0.2, -0.15) is 5.26 Å². The van der Waals surface area contributed by atoms with E-state index in [2.05, 4.69) is 37.3 Å². The maximum Gasteiger partial charge on any atom is 0.0707 e. The molecule has 0 fully saturated rings. The van der Waals surface area contributed by atoms with Gasteiger partial charge in [0.05, 0.1) is 11.6 Å². The molecule has 0 aliphatic heterocycles. The second-order valence-corrected chi connectivity index (χ2v) is 5.62. The van der Waals surface area contributed by atoms with Gasteiger partial charge in [-0.25, -0.2) is 0 Å². The van der Waals surface area contributed by atoms with E-state index in [4.69, 9.17) is 10.2 Å². The van der Waals surface area contributed by atoms with E-state index in [1.807, 2.05) is 36.4 Å². The van der Waals surface area contributed by atoms with Crippen molar-refractivity contribution in [3.8, 4) is 6.07 Å². The number of nitrogens with zero attached hydrogens (tertiary/aromatic N) is 2. The van der Waals surface area contributed by atoms with Crippen LogP contribution in [0.1, 0.15) is 29.2 Å². The van der Waals surface area contributed by atoms with Crippen LogP contribution in [0.3, 0.4) is 0 Å². The van der Waals surface area contributed by atoms with Crippen LogP contribution in [0.5, 0.6) is 0 Å². The van der Waals surface area contributed by atoms with E-state index in [9.17, 15) is 0 Å². The minimum atomic E-state index is 0.194. The van der Waals surface area contributed by atoms with Crippen LogP contribution in [-0.4, -0.2) is 4.98 Å². The molecule has 1 heterocycles. The number of aromatic nitrogens is 1. The van der Waals surface area contributed by atoms with Crippen molar-refractivity contribution in [3.63, 3.8) is 0 Å². The summed E-state index contributed by atoms with van der Waals surface area (Å²) in [6, 6.07) is 22.9. The molecule has 0 N–H and O–H groups in total. The second-order valence-electron chi connectivity index (χ2n) is 5.62. The second kappa shape index (κ2) is 6.41. The molecule has 1 atom stereocenters. The van der Waals surface area contributed by atoms with E-state index in [1.54, 1.807) is 0 Å². The van der Waals surface area contributed by atoms with Crippen LogP contribution in [0, 0.1) is 18.3 Å². The highest BCUT2D eigenvalue weighted by Gasteiger charge is 2.13. The van der Waals surface area contributed by atoms with Gasteiger partial charge in [-0.05, 0) is 36.6 Å². The van der Waals surface area contributed by atoms with Gasteiger partial charge >= 0.3 is 0 Å². The maximum absolute atomic E-state index is 9.13. The molecule has 0 saturated heterocycles. The van der Waals surface area contributed by atoms with Gasteiger partial charge in [0.15, 0.2) is 0 Å². The fourth-order valence-corrected chi connectivity index (χ4v) is 2.92. The summed E-state index contributed by atoms with van der Waals surface area (Å²) in [6.45, 7) is 2.12. The van der Waals surface area contributed by atoms with Gasteiger partial charge in [0, 0.05) is 23.4 Å². The molecule has 1 unspecified atom stereocenters. The third-order valence-electron chi connectivity index (χ3n) is 4.04. The molecule has 0 aliphatic rings. The first kappa shape index (κ1) is 14.3. The molecule has 0 aliphatic carbocycles. The summed E-state index contributed by atoms with van der Waals surface area (Å²) in [4.78, 5) is 4.77. The summed E-state index contributed by atoms with van der Waals surface area (Å²) in [5.74, 6) is 0.194. The number of benzene rings is 2. The Morgan fingerprint density at radius 1 is 1.05 bits per heavy atom. The third-order valence-corrected chi connectivity index (χ3v) is 4.04. The summed E-state index contributed by atoms with van der Waals surface area (Å²) in [5.41, 5.74) is 4.53. The summed E-state index contributed by atoms with van der Waals surface area (Å²) in [5, 5.41) is 10.3. The molecule has 1 aromatic heterocycles. The average Bonchev–Trinajstić information content (AvgIpc) is 2.55. The molecule has 2 aromatic carbocycles. The standard InChI is InChI=1S/C20H18N2/c1-15-13-18(22-20-10-6-5-9-19(15)20)14-17(11-12-21)16-7-3-2-4-8-16/h2-10,13,17H,11,14H2,1H3. The molecule has 0 spiro atoms. The Morgan fingerprint density at radius 3 is 2.55 bits per heavy atom. The number of nitriles is 1. The van der Waals surface area contributed by atoms with Crippen LogP contribution in [0.15, 0.2) is 60.7 Å². The topological polar surface area (TPSA) is 36.7 Å². The van der Waals surface area contributed by atoms with Crippen molar-refractivity contribution >= 4 is 10.9 Å². The van der Waals surface area contributed by atoms with E-state index in [0.717, 1.165) is 17.6 Å². The van der Waals surface area contributed by atoms with Crippen molar-refractivity contribution < 1.29 is 0 Å². The van der Waals surface area contributed by atoms with Crippen LogP contribution < -0.4 is 0 Å². The van der Waals surface area contributed by atoms with Crippen molar-refractivity contribution in [2.45, 2.75) is 25.7 Å². The van der Waals surface area contributed by atoms with Crippen LogP contribution in [-0.2, 0) is 6.42 Å². The molecule has 0 bridgehead atoms. The predicted octanol–water partition coefficient (Wildman–Crippen LogP) is 4.78. The smallest absolute Gasteiger partial charge is 0.0707 e. The van der Waals surface area contributed by atoms with Crippen LogP contribution in [0.25, 0.3) is 10.9 Å².